The van der Waals surface area contributed by atoms with Gasteiger partial charge in [-0.25, -0.2) is 0 Å². The summed E-state index contributed by atoms with van der Waals surface area (Å²) in [6.45, 7) is 7.08. The van der Waals surface area contributed by atoms with Crippen LogP contribution in [-0.2, 0) is 4.79 Å². The molecule has 0 aromatic heterocycles. The predicted octanol–water partition coefficient (Wildman–Crippen LogP) is 1.47. The van der Waals surface area contributed by atoms with Crippen molar-refractivity contribution in [3.05, 3.63) is 41.5 Å². The number of piperazine rings is 1. The maximum atomic E-state index is 12.2. The third-order valence-corrected chi connectivity index (χ3v) is 4.66. The van der Waals surface area contributed by atoms with Crippen LogP contribution in [0.4, 0.5) is 0 Å². The Hall–Kier alpha value is -1.69. The molecule has 1 saturated heterocycles. The van der Waals surface area contributed by atoms with Gasteiger partial charge in [0.25, 0.3) is 0 Å². The summed E-state index contributed by atoms with van der Waals surface area (Å²) < 4.78 is 0. The van der Waals surface area contributed by atoms with Crippen LogP contribution in [0.15, 0.2) is 30.3 Å². The monoisotopic (exact) mass is 345 g/mol. The Morgan fingerprint density at radius 3 is 2.52 bits per heavy atom. The molecule has 5 heteroatoms. The minimum atomic E-state index is -0.501. The van der Waals surface area contributed by atoms with Gasteiger partial charge in [0.1, 0.15) is 0 Å². The predicted molar refractivity (Wildman–Crippen MR) is 102 cm³/mol. The number of carbonyl (C=O) groups excluding carboxylic acids is 1. The van der Waals surface area contributed by atoms with Crippen molar-refractivity contribution in [1.29, 1.82) is 0 Å². The molecule has 1 N–H and O–H groups in total. The Kier molecular flexibility index (Phi) is 7.62. The number of aliphatic hydroxyl groups excluding tert-OH is 1. The molecule has 0 aliphatic carbocycles. The molecule has 1 aliphatic rings. The van der Waals surface area contributed by atoms with E-state index in [9.17, 15) is 9.90 Å². The highest BCUT2D eigenvalue weighted by Gasteiger charge is 2.19. The summed E-state index contributed by atoms with van der Waals surface area (Å²) in [5.74, 6) is 0.0285. The summed E-state index contributed by atoms with van der Waals surface area (Å²) in [4.78, 5) is 18.4. The number of hydrogen-bond acceptors (Lipinski definition) is 4. The number of amides is 1. The molecule has 1 aromatic rings. The highest BCUT2D eigenvalue weighted by atomic mass is 16.3. The minimum Gasteiger partial charge on any atom is -0.390 e. The summed E-state index contributed by atoms with van der Waals surface area (Å²) >= 11 is 0. The van der Waals surface area contributed by atoms with Crippen molar-refractivity contribution in [2.75, 3.05) is 53.4 Å². The maximum Gasteiger partial charge on any atom is 0.226 e. The van der Waals surface area contributed by atoms with E-state index in [1.54, 1.807) is 11.9 Å². The van der Waals surface area contributed by atoms with Gasteiger partial charge in [-0.15, -0.1) is 0 Å². The molecule has 1 aliphatic heterocycles. The lowest BCUT2D eigenvalue weighted by atomic mass is 10.1. The fourth-order valence-corrected chi connectivity index (χ4v) is 2.93. The van der Waals surface area contributed by atoms with Gasteiger partial charge in [-0.05, 0) is 19.5 Å². The number of aryl methyl sites for hydroxylation is 1. The highest BCUT2D eigenvalue weighted by Crippen LogP contribution is 2.07. The third kappa shape index (κ3) is 6.98. The van der Waals surface area contributed by atoms with Crippen molar-refractivity contribution >= 4 is 12.0 Å². The summed E-state index contributed by atoms with van der Waals surface area (Å²) in [7, 11) is 3.87. The lowest BCUT2D eigenvalue weighted by Crippen LogP contribution is -2.48. The third-order valence-electron chi connectivity index (χ3n) is 4.66. The van der Waals surface area contributed by atoms with Crippen LogP contribution in [0.1, 0.15) is 17.5 Å². The number of aliphatic hydroxyl groups is 1. The smallest absolute Gasteiger partial charge is 0.226 e. The second-order valence-corrected chi connectivity index (χ2v) is 7.05. The molecule has 1 atom stereocenters. The molecule has 0 saturated carbocycles. The van der Waals surface area contributed by atoms with E-state index in [1.165, 1.54) is 5.56 Å². The van der Waals surface area contributed by atoms with Crippen molar-refractivity contribution in [1.82, 2.24) is 14.7 Å². The average Bonchev–Trinajstić information content (AvgIpc) is 2.58. The number of carbonyl (C=O) groups is 1. The van der Waals surface area contributed by atoms with E-state index >= 15 is 0 Å². The van der Waals surface area contributed by atoms with Gasteiger partial charge in [0.05, 0.1) is 6.10 Å². The van der Waals surface area contributed by atoms with Crippen LogP contribution < -0.4 is 0 Å². The molecule has 1 heterocycles. The second kappa shape index (κ2) is 9.70. The Bertz CT molecular complexity index is 563. The SMILES string of the molecule is Cc1ccc(/C=C/CC(=O)N(C)CC(O)CN2CCN(C)CC2)cc1. The van der Waals surface area contributed by atoms with Crippen LogP contribution in [0, 0.1) is 6.92 Å². The number of hydrogen-bond donors (Lipinski definition) is 1. The fourth-order valence-electron chi connectivity index (χ4n) is 2.93. The van der Waals surface area contributed by atoms with E-state index in [1.807, 2.05) is 24.3 Å². The van der Waals surface area contributed by atoms with E-state index < -0.39 is 6.10 Å². The highest BCUT2D eigenvalue weighted by molar-refractivity contribution is 5.78. The molecular weight excluding hydrogens is 314 g/mol. The summed E-state index contributed by atoms with van der Waals surface area (Å²) in [5, 5.41) is 10.2. The van der Waals surface area contributed by atoms with Crippen molar-refractivity contribution in [3.8, 4) is 0 Å². The normalized spacial score (nSPS) is 17.8. The lowest BCUT2D eigenvalue weighted by Gasteiger charge is -2.34. The zero-order chi connectivity index (χ0) is 18.2. The molecule has 0 radical (unpaired) electrons. The second-order valence-electron chi connectivity index (χ2n) is 7.05. The molecule has 138 valence electrons. The molecule has 0 bridgehead atoms. The first-order chi connectivity index (χ1) is 11.9. The van der Waals surface area contributed by atoms with E-state index in [4.69, 9.17) is 0 Å². The molecule has 1 aromatic carbocycles. The fraction of sp³-hybridized carbons (Fsp3) is 0.550. The minimum absolute atomic E-state index is 0.0285. The molecule has 0 spiro atoms. The molecule has 1 fully saturated rings. The van der Waals surface area contributed by atoms with Crippen LogP contribution in [0.2, 0.25) is 0 Å². The van der Waals surface area contributed by atoms with E-state index in [2.05, 4.69) is 35.9 Å². The van der Waals surface area contributed by atoms with Crippen LogP contribution in [0.3, 0.4) is 0 Å². The number of rotatable bonds is 7. The molecule has 1 amide bonds. The first-order valence-corrected chi connectivity index (χ1v) is 9.00. The molecule has 25 heavy (non-hydrogen) atoms. The Labute approximate surface area is 151 Å². The number of likely N-dealkylation sites (N-methyl/N-ethyl adjacent to an activating group) is 2. The molecule has 2 rings (SSSR count). The maximum absolute atomic E-state index is 12.2. The Morgan fingerprint density at radius 2 is 1.88 bits per heavy atom. The van der Waals surface area contributed by atoms with Gasteiger partial charge in [-0.2, -0.15) is 0 Å². The van der Waals surface area contributed by atoms with Crippen LogP contribution >= 0.6 is 0 Å². The van der Waals surface area contributed by atoms with Crippen molar-refractivity contribution < 1.29 is 9.90 Å². The van der Waals surface area contributed by atoms with Gasteiger partial charge in [0.2, 0.25) is 5.91 Å². The average molecular weight is 345 g/mol. The Morgan fingerprint density at radius 1 is 1.24 bits per heavy atom. The first-order valence-electron chi connectivity index (χ1n) is 9.00. The van der Waals surface area contributed by atoms with Gasteiger partial charge in [-0.1, -0.05) is 42.0 Å². The lowest BCUT2D eigenvalue weighted by molar-refractivity contribution is -0.130. The van der Waals surface area contributed by atoms with Crippen LogP contribution in [0.5, 0.6) is 0 Å². The van der Waals surface area contributed by atoms with E-state index in [0.29, 0.717) is 19.5 Å². The van der Waals surface area contributed by atoms with Gasteiger partial charge in [-0.3, -0.25) is 9.69 Å². The van der Waals surface area contributed by atoms with Crippen molar-refractivity contribution in [2.45, 2.75) is 19.4 Å². The van der Waals surface area contributed by atoms with Crippen molar-refractivity contribution in [3.63, 3.8) is 0 Å². The first kappa shape index (κ1) is 19.6. The Balaban J connectivity index is 1.71. The summed E-state index contributed by atoms with van der Waals surface area (Å²) in [6, 6.07) is 8.20. The van der Waals surface area contributed by atoms with E-state index in [0.717, 1.165) is 31.7 Å². The largest absolute Gasteiger partial charge is 0.390 e. The topological polar surface area (TPSA) is 47.0 Å². The van der Waals surface area contributed by atoms with Gasteiger partial charge < -0.3 is 14.9 Å². The standard InChI is InChI=1S/C20H31N3O2/c1-17-7-9-18(10-8-17)5-4-6-20(25)22(3)15-19(24)16-23-13-11-21(2)12-14-23/h4-5,7-10,19,24H,6,11-16H2,1-3H3/b5-4+. The number of benzene rings is 1. The van der Waals surface area contributed by atoms with Crippen molar-refractivity contribution in [2.24, 2.45) is 0 Å². The zero-order valence-corrected chi connectivity index (χ0v) is 15.7. The summed E-state index contributed by atoms with van der Waals surface area (Å²) in [6.07, 6.45) is 3.70. The number of nitrogens with zero attached hydrogens (tertiary/aromatic N) is 3. The quantitative estimate of drug-likeness (QED) is 0.813. The summed E-state index contributed by atoms with van der Waals surface area (Å²) in [5.41, 5.74) is 2.32. The van der Waals surface area contributed by atoms with Gasteiger partial charge in [0.15, 0.2) is 0 Å². The zero-order valence-electron chi connectivity index (χ0n) is 15.7. The molecule has 1 unspecified atom stereocenters. The van der Waals surface area contributed by atoms with Gasteiger partial charge >= 0.3 is 0 Å². The van der Waals surface area contributed by atoms with Crippen LogP contribution in [-0.4, -0.2) is 85.2 Å². The molecular formula is C20H31N3O2. The molecule has 5 nitrogen and oxygen atoms in total. The van der Waals surface area contributed by atoms with Crippen LogP contribution in [0.25, 0.3) is 6.08 Å². The van der Waals surface area contributed by atoms with E-state index in [-0.39, 0.29) is 5.91 Å². The number of β-amino-alcohol motifs (C(OH)–C–C–N with tert-alkyl or cyclic N) is 1. The van der Waals surface area contributed by atoms with Gasteiger partial charge in [0, 0.05) is 52.7 Å².